The fraction of sp³-hybridized carbons (Fsp3) is 0.393. The molecule has 10 heteroatoms. The smallest absolute Gasteiger partial charge is 0.325 e. The van der Waals surface area contributed by atoms with E-state index in [1.807, 2.05) is 52.0 Å². The summed E-state index contributed by atoms with van der Waals surface area (Å²) in [5.74, 6) is -0.763. The number of imidazole rings is 1. The average Bonchev–Trinajstić information content (AvgIpc) is 3.29. The van der Waals surface area contributed by atoms with Gasteiger partial charge in [0, 0.05) is 32.2 Å². The summed E-state index contributed by atoms with van der Waals surface area (Å²) in [6.45, 7) is 7.78. The first-order valence-electron chi connectivity index (χ1n) is 12.7. The maximum absolute atomic E-state index is 13.8. The molecule has 0 spiro atoms. The Balaban J connectivity index is 1.63. The molecular weight excluding hydrogens is 482 g/mol. The summed E-state index contributed by atoms with van der Waals surface area (Å²) in [5, 5.41) is 3.00. The number of nitrogens with one attached hydrogen (secondary N) is 1. The summed E-state index contributed by atoms with van der Waals surface area (Å²) in [7, 11) is 3.37. The summed E-state index contributed by atoms with van der Waals surface area (Å²) in [5.41, 5.74) is 10.5. The number of rotatable bonds is 7. The van der Waals surface area contributed by atoms with Crippen molar-refractivity contribution >= 4 is 29.6 Å². The van der Waals surface area contributed by atoms with Crippen LogP contribution in [0.25, 0.3) is 0 Å². The fourth-order valence-corrected chi connectivity index (χ4v) is 5.13. The first-order valence-corrected chi connectivity index (χ1v) is 12.7. The number of nitrogen functional groups attached to an aromatic ring is 1. The molecule has 3 heterocycles. The van der Waals surface area contributed by atoms with Gasteiger partial charge in [0.1, 0.15) is 11.9 Å². The SMILES string of the molecule is CC[C@@H](NC(=O)N1C(=O)[C@H](Cc2cc(C)nc(N)c2)[C@H]1C(=O)N(C)c1nccn1C)c1cc(C)ccc1C. The number of likely N-dealkylation sites (N-methyl/N-ethyl adjacent to an activating group) is 1. The average molecular weight is 518 g/mol. The number of imide groups is 1. The van der Waals surface area contributed by atoms with Crippen LogP contribution in [0.3, 0.4) is 0 Å². The predicted octanol–water partition coefficient (Wildman–Crippen LogP) is 3.22. The van der Waals surface area contributed by atoms with Crippen LogP contribution in [0.2, 0.25) is 0 Å². The molecule has 1 fully saturated rings. The number of pyridine rings is 1. The van der Waals surface area contributed by atoms with E-state index in [1.165, 1.54) is 4.90 Å². The number of aromatic nitrogens is 3. The van der Waals surface area contributed by atoms with Crippen molar-refractivity contribution in [2.75, 3.05) is 17.7 Å². The molecule has 0 aliphatic carbocycles. The molecule has 0 radical (unpaired) electrons. The van der Waals surface area contributed by atoms with Crippen molar-refractivity contribution < 1.29 is 14.4 Å². The second-order valence-corrected chi connectivity index (χ2v) is 10.0. The van der Waals surface area contributed by atoms with Gasteiger partial charge >= 0.3 is 6.03 Å². The lowest BCUT2D eigenvalue weighted by molar-refractivity contribution is -0.156. The maximum atomic E-state index is 13.8. The lowest BCUT2D eigenvalue weighted by atomic mass is 9.81. The topological polar surface area (TPSA) is 126 Å². The number of carbonyl (C=O) groups is 3. The van der Waals surface area contributed by atoms with Crippen LogP contribution in [0.4, 0.5) is 16.6 Å². The monoisotopic (exact) mass is 517 g/mol. The Morgan fingerprint density at radius 2 is 1.92 bits per heavy atom. The largest absolute Gasteiger partial charge is 0.384 e. The van der Waals surface area contributed by atoms with Crippen molar-refractivity contribution in [3.8, 4) is 0 Å². The third-order valence-corrected chi connectivity index (χ3v) is 7.12. The van der Waals surface area contributed by atoms with E-state index in [9.17, 15) is 14.4 Å². The Morgan fingerprint density at radius 1 is 1.18 bits per heavy atom. The summed E-state index contributed by atoms with van der Waals surface area (Å²) >= 11 is 0. The number of likely N-dealkylation sites (tertiary alicyclic amines) is 1. The number of β-lactam (4-membered cyclic amide) rings is 1. The van der Waals surface area contributed by atoms with Crippen LogP contribution in [0.1, 0.15) is 47.3 Å². The van der Waals surface area contributed by atoms with E-state index in [1.54, 1.807) is 37.1 Å². The van der Waals surface area contributed by atoms with Gasteiger partial charge in [-0.3, -0.25) is 19.4 Å². The van der Waals surface area contributed by atoms with E-state index < -0.39 is 29.8 Å². The first kappa shape index (κ1) is 26.8. The second kappa shape index (κ2) is 10.6. The number of benzene rings is 1. The highest BCUT2D eigenvalue weighted by Gasteiger charge is 2.55. The number of amides is 4. The van der Waals surface area contributed by atoms with Crippen LogP contribution in [0, 0.1) is 26.7 Å². The molecule has 0 unspecified atom stereocenters. The van der Waals surface area contributed by atoms with Gasteiger partial charge in [-0.05, 0) is 62.4 Å². The van der Waals surface area contributed by atoms with Crippen LogP contribution in [-0.2, 0) is 23.1 Å². The number of hydrogen-bond acceptors (Lipinski definition) is 6. The van der Waals surface area contributed by atoms with Gasteiger partial charge in [-0.2, -0.15) is 0 Å². The molecule has 4 rings (SSSR count). The highest BCUT2D eigenvalue weighted by molar-refractivity contribution is 6.12. The highest BCUT2D eigenvalue weighted by Crippen LogP contribution is 2.33. The molecule has 1 aliphatic rings. The minimum atomic E-state index is -0.991. The van der Waals surface area contributed by atoms with Gasteiger partial charge in [0.05, 0.1) is 12.0 Å². The first-order chi connectivity index (χ1) is 18.0. The van der Waals surface area contributed by atoms with E-state index >= 15 is 0 Å². The molecule has 3 atom stereocenters. The molecule has 38 heavy (non-hydrogen) atoms. The molecule has 1 aliphatic heterocycles. The van der Waals surface area contributed by atoms with Gasteiger partial charge in [0.2, 0.25) is 11.9 Å². The molecule has 10 nitrogen and oxygen atoms in total. The highest BCUT2D eigenvalue weighted by atomic mass is 16.2. The van der Waals surface area contributed by atoms with Crippen molar-refractivity contribution in [3.63, 3.8) is 0 Å². The number of aryl methyl sites for hydroxylation is 4. The number of urea groups is 1. The molecule has 3 N–H and O–H groups in total. The Bertz CT molecular complexity index is 1360. The third-order valence-electron chi connectivity index (χ3n) is 7.12. The summed E-state index contributed by atoms with van der Waals surface area (Å²) in [6, 6.07) is 7.72. The van der Waals surface area contributed by atoms with Crippen molar-refractivity contribution in [1.82, 2.24) is 24.8 Å². The zero-order valence-electron chi connectivity index (χ0n) is 22.7. The molecule has 1 aromatic carbocycles. The Morgan fingerprint density at radius 3 is 2.55 bits per heavy atom. The summed E-state index contributed by atoms with van der Waals surface area (Å²) < 4.78 is 1.71. The third kappa shape index (κ3) is 5.11. The summed E-state index contributed by atoms with van der Waals surface area (Å²) in [4.78, 5) is 51.6. The Hall–Kier alpha value is -4.21. The molecule has 3 aromatic rings. The van der Waals surface area contributed by atoms with Gasteiger partial charge in [0.15, 0.2) is 0 Å². The van der Waals surface area contributed by atoms with E-state index in [0.29, 0.717) is 23.9 Å². The fourth-order valence-electron chi connectivity index (χ4n) is 5.13. The Kier molecular flexibility index (Phi) is 7.52. The lowest BCUT2D eigenvalue weighted by Gasteiger charge is -2.45. The van der Waals surface area contributed by atoms with Crippen LogP contribution in [0.15, 0.2) is 42.7 Å². The molecule has 4 amide bonds. The van der Waals surface area contributed by atoms with Crippen LogP contribution in [0.5, 0.6) is 0 Å². The van der Waals surface area contributed by atoms with E-state index in [0.717, 1.165) is 27.2 Å². The zero-order chi connectivity index (χ0) is 27.7. The molecule has 1 saturated heterocycles. The van der Waals surface area contributed by atoms with Crippen molar-refractivity contribution in [3.05, 3.63) is 70.7 Å². The zero-order valence-corrected chi connectivity index (χ0v) is 22.7. The predicted molar refractivity (Wildman–Crippen MR) is 145 cm³/mol. The van der Waals surface area contributed by atoms with Crippen LogP contribution < -0.4 is 16.0 Å². The second-order valence-electron chi connectivity index (χ2n) is 10.0. The number of nitrogens with zero attached hydrogens (tertiary/aromatic N) is 5. The van der Waals surface area contributed by atoms with Gasteiger partial charge in [-0.1, -0.05) is 30.7 Å². The molecular formula is C28H35N7O3. The van der Waals surface area contributed by atoms with Crippen LogP contribution in [-0.4, -0.2) is 50.4 Å². The summed E-state index contributed by atoms with van der Waals surface area (Å²) in [6.07, 6.45) is 4.20. The van der Waals surface area contributed by atoms with Gasteiger partial charge in [-0.15, -0.1) is 0 Å². The van der Waals surface area contributed by atoms with E-state index in [2.05, 4.69) is 15.3 Å². The normalized spacial score (nSPS) is 17.6. The maximum Gasteiger partial charge on any atom is 0.325 e. The van der Waals surface area contributed by atoms with Crippen LogP contribution >= 0.6 is 0 Å². The number of carbonyl (C=O) groups excluding carboxylic acids is 3. The quantitative estimate of drug-likeness (QED) is 0.464. The Labute approximate surface area is 222 Å². The van der Waals surface area contributed by atoms with Gasteiger partial charge in [-0.25, -0.2) is 14.8 Å². The minimum Gasteiger partial charge on any atom is -0.384 e. The van der Waals surface area contributed by atoms with Crippen molar-refractivity contribution in [2.45, 2.75) is 52.6 Å². The molecule has 0 saturated carbocycles. The number of hydrogen-bond donors (Lipinski definition) is 2. The van der Waals surface area contributed by atoms with Crippen molar-refractivity contribution in [1.29, 1.82) is 0 Å². The van der Waals surface area contributed by atoms with E-state index in [-0.39, 0.29) is 12.5 Å². The van der Waals surface area contributed by atoms with E-state index in [4.69, 9.17) is 5.73 Å². The standard InChI is InChI=1S/C28H35N7O3/c1-7-22(20-12-16(2)8-9-17(20)3)32-28(38)35-24(26(37)34(6)27-30-10-11-33(27)5)21(25(35)36)14-19-13-18(4)31-23(29)15-19/h8-13,15,21-22,24H,7,14H2,1-6H3,(H2,29,31)(H,32,38)/t21-,22-,24+/m1/s1. The lowest BCUT2D eigenvalue weighted by Crippen LogP contribution is -2.70. The minimum absolute atomic E-state index is 0.259. The van der Waals surface area contributed by atoms with Gasteiger partial charge < -0.3 is 15.6 Å². The number of anilines is 2. The molecule has 2 aromatic heterocycles. The molecule has 0 bridgehead atoms. The van der Waals surface area contributed by atoms with Crippen molar-refractivity contribution in [2.24, 2.45) is 13.0 Å². The molecule has 200 valence electrons. The number of nitrogens with two attached hydrogens (primary N) is 1. The van der Waals surface area contributed by atoms with Gasteiger partial charge in [0.25, 0.3) is 5.91 Å².